The summed E-state index contributed by atoms with van der Waals surface area (Å²) in [6.07, 6.45) is 2.28. The Kier molecular flexibility index (Phi) is 4.80. The minimum Gasteiger partial charge on any atom is -0.474 e. The fourth-order valence-corrected chi connectivity index (χ4v) is 2.26. The molecule has 1 atom stereocenters. The van der Waals surface area contributed by atoms with E-state index in [-0.39, 0.29) is 12.1 Å². The normalized spacial score (nSPS) is 18.6. The van der Waals surface area contributed by atoms with Gasteiger partial charge in [-0.05, 0) is 51.5 Å². The van der Waals surface area contributed by atoms with Crippen molar-refractivity contribution in [2.45, 2.75) is 31.9 Å². The van der Waals surface area contributed by atoms with Crippen LogP contribution in [0.15, 0.2) is 12.1 Å². The number of ether oxygens (including phenoxy) is 1. The molecule has 2 rings (SSSR count). The Morgan fingerprint density at radius 1 is 1.44 bits per heavy atom. The summed E-state index contributed by atoms with van der Waals surface area (Å²) in [6, 6.07) is 4.08. The minimum atomic E-state index is 0.237. The van der Waals surface area contributed by atoms with Gasteiger partial charge in [0.25, 0.3) is 0 Å². The van der Waals surface area contributed by atoms with Crippen molar-refractivity contribution in [2.75, 3.05) is 20.1 Å². The van der Waals surface area contributed by atoms with Gasteiger partial charge < -0.3 is 15.4 Å². The first-order valence-electron chi connectivity index (χ1n) is 6.41. The highest BCUT2D eigenvalue weighted by atomic mass is 35.5. The molecule has 1 fully saturated rings. The third kappa shape index (κ3) is 3.57. The highest BCUT2D eigenvalue weighted by Crippen LogP contribution is 2.23. The standard InChI is InChI=1S/C13H20ClN3O/c1-9(15-2)10-7-12(14)17-13(8-10)18-11-3-5-16-6-4-11/h7-9,11,15-16H,3-6H2,1-2H3. The van der Waals surface area contributed by atoms with Gasteiger partial charge in [-0.15, -0.1) is 0 Å². The smallest absolute Gasteiger partial charge is 0.215 e. The highest BCUT2D eigenvalue weighted by Gasteiger charge is 2.16. The SMILES string of the molecule is CNC(C)c1cc(Cl)nc(OC2CCNCC2)c1. The molecule has 5 heteroatoms. The molecule has 0 bridgehead atoms. The molecule has 100 valence electrons. The molecule has 1 aromatic rings. The maximum Gasteiger partial charge on any atom is 0.215 e. The first-order chi connectivity index (χ1) is 8.69. The molecule has 1 saturated heterocycles. The van der Waals surface area contributed by atoms with E-state index in [4.69, 9.17) is 16.3 Å². The van der Waals surface area contributed by atoms with Gasteiger partial charge in [0.05, 0.1) is 0 Å². The van der Waals surface area contributed by atoms with Crippen LogP contribution in [0.2, 0.25) is 5.15 Å². The zero-order valence-corrected chi connectivity index (χ0v) is 11.6. The van der Waals surface area contributed by atoms with Gasteiger partial charge in [0.15, 0.2) is 0 Å². The average molecular weight is 270 g/mol. The lowest BCUT2D eigenvalue weighted by molar-refractivity contribution is 0.156. The van der Waals surface area contributed by atoms with Gasteiger partial charge in [-0.2, -0.15) is 0 Å². The zero-order chi connectivity index (χ0) is 13.0. The minimum absolute atomic E-state index is 0.237. The maximum atomic E-state index is 6.04. The molecule has 1 aliphatic heterocycles. The van der Waals surface area contributed by atoms with Crippen LogP contribution in [0.3, 0.4) is 0 Å². The van der Waals surface area contributed by atoms with Crippen molar-refractivity contribution in [3.8, 4) is 5.88 Å². The summed E-state index contributed by atoms with van der Waals surface area (Å²) in [5.41, 5.74) is 1.10. The quantitative estimate of drug-likeness (QED) is 0.823. The summed E-state index contributed by atoms with van der Waals surface area (Å²) < 4.78 is 5.91. The van der Waals surface area contributed by atoms with Crippen LogP contribution >= 0.6 is 11.6 Å². The second-order valence-corrected chi connectivity index (χ2v) is 5.03. The summed E-state index contributed by atoms with van der Waals surface area (Å²) in [6.45, 7) is 4.09. The Hall–Kier alpha value is -0.840. The highest BCUT2D eigenvalue weighted by molar-refractivity contribution is 6.29. The topological polar surface area (TPSA) is 46.2 Å². The molecule has 2 N–H and O–H groups in total. The molecule has 0 saturated carbocycles. The fraction of sp³-hybridized carbons (Fsp3) is 0.615. The van der Waals surface area contributed by atoms with Crippen LogP contribution in [0.5, 0.6) is 5.88 Å². The van der Waals surface area contributed by atoms with Crippen molar-refractivity contribution < 1.29 is 4.74 Å². The summed E-state index contributed by atoms with van der Waals surface area (Å²) in [5.74, 6) is 0.631. The Morgan fingerprint density at radius 2 is 2.17 bits per heavy atom. The molecule has 1 aliphatic rings. The van der Waals surface area contributed by atoms with Crippen LogP contribution in [0.4, 0.5) is 0 Å². The second kappa shape index (κ2) is 6.36. The average Bonchev–Trinajstić information content (AvgIpc) is 2.38. The summed E-state index contributed by atoms with van der Waals surface area (Å²) in [5, 5.41) is 6.99. The molecule has 0 radical (unpaired) electrons. The molecule has 1 unspecified atom stereocenters. The predicted molar refractivity (Wildman–Crippen MR) is 73.2 cm³/mol. The van der Waals surface area contributed by atoms with Gasteiger partial charge in [-0.3, -0.25) is 0 Å². The lowest BCUT2D eigenvalue weighted by Gasteiger charge is -2.23. The largest absolute Gasteiger partial charge is 0.474 e. The number of pyridine rings is 1. The molecule has 0 aromatic carbocycles. The van der Waals surface area contributed by atoms with Gasteiger partial charge in [-0.1, -0.05) is 11.6 Å². The number of halogens is 1. The first-order valence-corrected chi connectivity index (χ1v) is 6.79. The third-order valence-corrected chi connectivity index (χ3v) is 3.49. The van der Waals surface area contributed by atoms with E-state index in [9.17, 15) is 0 Å². The van der Waals surface area contributed by atoms with Crippen molar-refractivity contribution in [1.82, 2.24) is 15.6 Å². The molecular weight excluding hydrogens is 250 g/mol. The Balaban J connectivity index is 2.09. The van der Waals surface area contributed by atoms with Crippen molar-refractivity contribution >= 4 is 11.6 Å². The Bertz CT molecular complexity index is 394. The van der Waals surface area contributed by atoms with Crippen molar-refractivity contribution in [2.24, 2.45) is 0 Å². The van der Waals surface area contributed by atoms with E-state index in [2.05, 4.69) is 22.5 Å². The van der Waals surface area contributed by atoms with Crippen molar-refractivity contribution in [3.63, 3.8) is 0 Å². The zero-order valence-electron chi connectivity index (χ0n) is 10.9. The van der Waals surface area contributed by atoms with Crippen LogP contribution < -0.4 is 15.4 Å². The molecule has 0 amide bonds. The molecule has 1 aromatic heterocycles. The summed E-state index contributed by atoms with van der Waals surface area (Å²) in [4.78, 5) is 4.24. The number of aromatic nitrogens is 1. The Labute approximate surface area is 113 Å². The number of rotatable bonds is 4. The lowest BCUT2D eigenvalue weighted by atomic mass is 10.1. The van der Waals surface area contributed by atoms with Gasteiger partial charge in [0.2, 0.25) is 5.88 Å². The lowest BCUT2D eigenvalue weighted by Crippen LogP contribution is -2.34. The summed E-state index contributed by atoms with van der Waals surface area (Å²) >= 11 is 6.04. The van der Waals surface area contributed by atoms with E-state index >= 15 is 0 Å². The van der Waals surface area contributed by atoms with Crippen LogP contribution in [0, 0.1) is 0 Å². The monoisotopic (exact) mass is 269 g/mol. The van der Waals surface area contributed by atoms with Gasteiger partial charge in [-0.25, -0.2) is 4.98 Å². The molecular formula is C13H20ClN3O. The molecule has 2 heterocycles. The van der Waals surface area contributed by atoms with E-state index in [1.807, 2.05) is 19.2 Å². The van der Waals surface area contributed by atoms with Gasteiger partial charge in [0.1, 0.15) is 11.3 Å². The van der Waals surface area contributed by atoms with E-state index in [1.165, 1.54) is 0 Å². The number of nitrogens with zero attached hydrogens (tertiary/aromatic N) is 1. The third-order valence-electron chi connectivity index (χ3n) is 3.30. The first kappa shape index (κ1) is 13.6. The Morgan fingerprint density at radius 3 is 2.83 bits per heavy atom. The second-order valence-electron chi connectivity index (χ2n) is 4.64. The van der Waals surface area contributed by atoms with Crippen LogP contribution in [-0.2, 0) is 0 Å². The van der Waals surface area contributed by atoms with Crippen LogP contribution in [0.1, 0.15) is 31.4 Å². The number of hydrogen-bond donors (Lipinski definition) is 2. The number of nitrogens with one attached hydrogen (secondary N) is 2. The van der Waals surface area contributed by atoms with Crippen LogP contribution in [-0.4, -0.2) is 31.2 Å². The van der Waals surface area contributed by atoms with Crippen molar-refractivity contribution in [1.29, 1.82) is 0 Å². The maximum absolute atomic E-state index is 6.04. The molecule has 4 nitrogen and oxygen atoms in total. The fourth-order valence-electron chi connectivity index (χ4n) is 2.05. The number of piperidine rings is 1. The summed E-state index contributed by atoms with van der Waals surface area (Å²) in [7, 11) is 1.92. The molecule has 18 heavy (non-hydrogen) atoms. The predicted octanol–water partition coefficient (Wildman–Crippen LogP) is 2.15. The van der Waals surface area contributed by atoms with E-state index < -0.39 is 0 Å². The molecule has 0 aliphatic carbocycles. The van der Waals surface area contributed by atoms with Gasteiger partial charge in [0, 0.05) is 12.1 Å². The van der Waals surface area contributed by atoms with Gasteiger partial charge >= 0.3 is 0 Å². The van der Waals surface area contributed by atoms with Crippen molar-refractivity contribution in [3.05, 3.63) is 22.8 Å². The number of hydrogen-bond acceptors (Lipinski definition) is 4. The van der Waals surface area contributed by atoms with E-state index in [1.54, 1.807) is 0 Å². The van der Waals surface area contributed by atoms with E-state index in [0.717, 1.165) is 31.5 Å². The van der Waals surface area contributed by atoms with Crippen LogP contribution in [0.25, 0.3) is 0 Å². The molecule has 0 spiro atoms. The van der Waals surface area contributed by atoms with E-state index in [0.29, 0.717) is 11.0 Å².